The zero-order valence-corrected chi connectivity index (χ0v) is 10.8. The molecule has 6 nitrogen and oxygen atoms in total. The number of carbonyl (C=O) groups is 1. The number of nitrogens with two attached hydrogens (primary N) is 1. The summed E-state index contributed by atoms with van der Waals surface area (Å²) in [6.07, 6.45) is 0.733. The zero-order valence-electron chi connectivity index (χ0n) is 10.00. The molecule has 0 radical (unpaired) electrons. The number of nitrogens with zero attached hydrogens (tertiary/aromatic N) is 2. The van der Waals surface area contributed by atoms with Gasteiger partial charge in [-0.3, -0.25) is 4.79 Å². The van der Waals surface area contributed by atoms with E-state index in [0.717, 1.165) is 29.1 Å². The Morgan fingerprint density at radius 1 is 1.42 bits per heavy atom. The van der Waals surface area contributed by atoms with Crippen LogP contribution in [0.5, 0.6) is 5.75 Å². The fourth-order valence-electron chi connectivity index (χ4n) is 2.04. The summed E-state index contributed by atoms with van der Waals surface area (Å²) in [4.78, 5) is 12.0. The van der Waals surface area contributed by atoms with Gasteiger partial charge in [0.15, 0.2) is 0 Å². The number of benzene rings is 1. The maximum atomic E-state index is 12.0. The van der Waals surface area contributed by atoms with Crippen LogP contribution in [-0.4, -0.2) is 22.7 Å². The van der Waals surface area contributed by atoms with Gasteiger partial charge < -0.3 is 15.8 Å². The van der Waals surface area contributed by atoms with Gasteiger partial charge in [0.1, 0.15) is 5.75 Å². The molecule has 1 aliphatic rings. The molecule has 0 saturated carbocycles. The summed E-state index contributed by atoms with van der Waals surface area (Å²) in [6, 6.07) is 7.62. The zero-order chi connectivity index (χ0) is 13.2. The van der Waals surface area contributed by atoms with Crippen LogP contribution in [0.25, 0.3) is 0 Å². The first kappa shape index (κ1) is 11.9. The van der Waals surface area contributed by atoms with E-state index < -0.39 is 0 Å². The van der Waals surface area contributed by atoms with Crippen LogP contribution >= 0.6 is 11.3 Å². The van der Waals surface area contributed by atoms with Gasteiger partial charge in [0.05, 0.1) is 12.6 Å². The number of amides is 1. The van der Waals surface area contributed by atoms with Gasteiger partial charge in [-0.25, -0.2) is 0 Å². The van der Waals surface area contributed by atoms with Gasteiger partial charge >= 0.3 is 0 Å². The predicted molar refractivity (Wildman–Crippen MR) is 71.1 cm³/mol. The Morgan fingerprint density at radius 2 is 2.26 bits per heavy atom. The molecule has 2 aromatic rings. The van der Waals surface area contributed by atoms with E-state index >= 15 is 0 Å². The van der Waals surface area contributed by atoms with Crippen molar-refractivity contribution in [2.75, 3.05) is 12.3 Å². The highest BCUT2D eigenvalue weighted by atomic mass is 32.1. The molecular weight excluding hydrogens is 264 g/mol. The van der Waals surface area contributed by atoms with Crippen molar-refractivity contribution < 1.29 is 9.53 Å². The maximum absolute atomic E-state index is 12.0. The van der Waals surface area contributed by atoms with Crippen LogP contribution in [-0.2, 0) is 0 Å². The van der Waals surface area contributed by atoms with Crippen molar-refractivity contribution in [2.45, 2.75) is 12.5 Å². The normalized spacial score (nSPS) is 17.4. The minimum Gasteiger partial charge on any atom is -0.493 e. The number of nitrogen functional groups attached to an aromatic ring is 1. The molecule has 2 heterocycles. The molecule has 1 aromatic carbocycles. The van der Waals surface area contributed by atoms with E-state index in [1.165, 1.54) is 0 Å². The second-order valence-corrected chi connectivity index (χ2v) is 5.16. The topological polar surface area (TPSA) is 90.1 Å². The number of hydrogen-bond donors (Lipinski definition) is 2. The lowest BCUT2D eigenvalue weighted by atomic mass is 10.0. The van der Waals surface area contributed by atoms with Crippen molar-refractivity contribution in [1.29, 1.82) is 0 Å². The van der Waals surface area contributed by atoms with Gasteiger partial charge in [-0.2, -0.15) is 0 Å². The molecule has 19 heavy (non-hydrogen) atoms. The number of rotatable bonds is 2. The molecule has 0 spiro atoms. The SMILES string of the molecule is Nc1nnc(C(=O)NC2CCOc3ccccc32)s1. The van der Waals surface area contributed by atoms with Gasteiger partial charge in [-0.1, -0.05) is 29.5 Å². The fourth-order valence-corrected chi connectivity index (χ4v) is 2.55. The van der Waals surface area contributed by atoms with Gasteiger partial charge in [-0.15, -0.1) is 10.2 Å². The summed E-state index contributed by atoms with van der Waals surface area (Å²) in [5, 5.41) is 10.9. The van der Waals surface area contributed by atoms with Crippen LogP contribution < -0.4 is 15.8 Å². The summed E-state index contributed by atoms with van der Waals surface area (Å²) in [5.41, 5.74) is 6.46. The Hall–Kier alpha value is -2.15. The second kappa shape index (κ2) is 4.85. The van der Waals surface area contributed by atoms with Gasteiger partial charge in [0, 0.05) is 12.0 Å². The first-order valence-electron chi connectivity index (χ1n) is 5.85. The number of hydrogen-bond acceptors (Lipinski definition) is 6. The third-order valence-corrected chi connectivity index (χ3v) is 3.65. The van der Waals surface area contributed by atoms with E-state index in [9.17, 15) is 4.79 Å². The average molecular weight is 276 g/mol. The lowest BCUT2D eigenvalue weighted by molar-refractivity contribution is 0.0923. The van der Waals surface area contributed by atoms with Crippen LogP contribution in [0.2, 0.25) is 0 Å². The summed E-state index contributed by atoms with van der Waals surface area (Å²) in [5.74, 6) is 0.562. The number of anilines is 1. The van der Waals surface area contributed by atoms with E-state index in [0.29, 0.717) is 6.61 Å². The first-order chi connectivity index (χ1) is 9.24. The van der Waals surface area contributed by atoms with Gasteiger partial charge in [-0.05, 0) is 6.07 Å². The molecule has 0 saturated heterocycles. The molecule has 3 rings (SSSR count). The number of para-hydroxylation sites is 1. The smallest absolute Gasteiger partial charge is 0.282 e. The molecule has 1 unspecified atom stereocenters. The summed E-state index contributed by atoms with van der Waals surface area (Å²) in [7, 11) is 0. The molecule has 98 valence electrons. The van der Waals surface area contributed by atoms with Crippen LogP contribution in [0.3, 0.4) is 0 Å². The molecule has 0 fully saturated rings. The summed E-state index contributed by atoms with van der Waals surface area (Å²) < 4.78 is 5.55. The van der Waals surface area contributed by atoms with Gasteiger partial charge in [0.25, 0.3) is 5.91 Å². The fraction of sp³-hybridized carbons (Fsp3) is 0.250. The Bertz CT molecular complexity index is 613. The third-order valence-electron chi connectivity index (χ3n) is 2.90. The van der Waals surface area contributed by atoms with E-state index in [4.69, 9.17) is 10.5 Å². The van der Waals surface area contributed by atoms with E-state index in [2.05, 4.69) is 15.5 Å². The van der Waals surface area contributed by atoms with Crippen LogP contribution in [0, 0.1) is 0 Å². The Balaban J connectivity index is 1.79. The molecular formula is C12H12N4O2S. The summed E-state index contributed by atoms with van der Waals surface area (Å²) >= 11 is 1.08. The first-order valence-corrected chi connectivity index (χ1v) is 6.67. The maximum Gasteiger partial charge on any atom is 0.282 e. The van der Waals surface area contributed by atoms with E-state index in [1.807, 2.05) is 24.3 Å². The number of ether oxygens (including phenoxy) is 1. The predicted octanol–water partition coefficient (Wildman–Crippen LogP) is 1.37. The molecule has 1 aliphatic heterocycles. The molecule has 0 bridgehead atoms. The van der Waals surface area contributed by atoms with Gasteiger partial charge in [0.2, 0.25) is 10.1 Å². The standard InChI is InChI=1S/C12H12N4O2S/c13-12-16-15-11(19-12)10(17)14-8-5-6-18-9-4-2-1-3-7(8)9/h1-4,8H,5-6H2,(H2,13,16)(H,14,17). The lowest BCUT2D eigenvalue weighted by Crippen LogP contribution is -2.32. The average Bonchev–Trinajstić information content (AvgIpc) is 2.86. The largest absolute Gasteiger partial charge is 0.493 e. The molecule has 7 heteroatoms. The molecule has 1 amide bonds. The highest BCUT2D eigenvalue weighted by Crippen LogP contribution is 2.31. The van der Waals surface area contributed by atoms with Crippen molar-refractivity contribution in [3.63, 3.8) is 0 Å². The molecule has 1 atom stereocenters. The van der Waals surface area contributed by atoms with Crippen molar-refractivity contribution in [3.05, 3.63) is 34.8 Å². The van der Waals surface area contributed by atoms with Crippen molar-refractivity contribution in [3.8, 4) is 5.75 Å². The molecule has 1 aromatic heterocycles. The number of aromatic nitrogens is 2. The highest BCUT2D eigenvalue weighted by Gasteiger charge is 2.24. The van der Waals surface area contributed by atoms with E-state index in [-0.39, 0.29) is 22.1 Å². The van der Waals surface area contributed by atoms with Crippen LogP contribution in [0.1, 0.15) is 27.8 Å². The molecule has 3 N–H and O–H groups in total. The number of nitrogens with one attached hydrogen (secondary N) is 1. The second-order valence-electron chi connectivity index (χ2n) is 4.15. The minimum absolute atomic E-state index is 0.0671. The van der Waals surface area contributed by atoms with Crippen LogP contribution in [0.4, 0.5) is 5.13 Å². The monoisotopic (exact) mass is 276 g/mol. The molecule has 0 aliphatic carbocycles. The van der Waals surface area contributed by atoms with Crippen molar-refractivity contribution in [1.82, 2.24) is 15.5 Å². The lowest BCUT2D eigenvalue weighted by Gasteiger charge is -2.26. The van der Waals surface area contributed by atoms with Crippen molar-refractivity contribution >= 4 is 22.4 Å². The van der Waals surface area contributed by atoms with Crippen molar-refractivity contribution in [2.24, 2.45) is 0 Å². The quantitative estimate of drug-likeness (QED) is 0.864. The highest BCUT2D eigenvalue weighted by molar-refractivity contribution is 7.16. The summed E-state index contributed by atoms with van der Waals surface area (Å²) in [6.45, 7) is 0.584. The Labute approximate surface area is 113 Å². The third kappa shape index (κ3) is 2.37. The Morgan fingerprint density at radius 3 is 3.05 bits per heavy atom. The minimum atomic E-state index is -0.254. The van der Waals surface area contributed by atoms with Crippen LogP contribution in [0.15, 0.2) is 24.3 Å². The Kier molecular flexibility index (Phi) is 3.04. The number of carbonyl (C=O) groups excluding carboxylic acids is 1. The number of fused-ring (bicyclic) bond motifs is 1. The van der Waals surface area contributed by atoms with E-state index in [1.54, 1.807) is 0 Å².